The number of halogens is 1. The first-order valence-electron chi connectivity index (χ1n) is 9.68. The molecule has 7 nitrogen and oxygen atoms in total. The molecular formula is C19H29ClN2O5S. The standard InChI is InChI=1S/C19H29ClN2O5S/c1-3-26-12-6-10-21-19(23)15-7-5-11-22(14-15)28(24,25)16-8-9-18(27-4-2)17(20)13-16/h8-9,13,15H,3-7,10-12,14H2,1-2H3,(H,21,23)/t15-/m0/s1. The number of amides is 1. The van der Waals surface area contributed by atoms with Gasteiger partial charge in [0.1, 0.15) is 5.75 Å². The number of hydrogen-bond acceptors (Lipinski definition) is 5. The number of carbonyl (C=O) groups excluding carboxylic acids is 1. The lowest BCUT2D eigenvalue weighted by Gasteiger charge is -2.31. The molecule has 158 valence electrons. The van der Waals surface area contributed by atoms with Gasteiger partial charge in [-0.25, -0.2) is 8.42 Å². The Labute approximate surface area is 172 Å². The van der Waals surface area contributed by atoms with Crippen molar-refractivity contribution in [3.8, 4) is 5.75 Å². The minimum atomic E-state index is -3.72. The summed E-state index contributed by atoms with van der Waals surface area (Å²) < 4.78 is 37.9. The molecule has 0 bridgehead atoms. The molecule has 1 fully saturated rings. The van der Waals surface area contributed by atoms with Crippen molar-refractivity contribution in [1.29, 1.82) is 0 Å². The van der Waals surface area contributed by atoms with Gasteiger partial charge in [-0.2, -0.15) is 4.31 Å². The van der Waals surface area contributed by atoms with Gasteiger partial charge in [0, 0.05) is 32.8 Å². The molecule has 28 heavy (non-hydrogen) atoms. The molecule has 1 saturated heterocycles. The largest absolute Gasteiger partial charge is 0.492 e. The van der Waals surface area contributed by atoms with Crippen LogP contribution in [0.5, 0.6) is 5.75 Å². The van der Waals surface area contributed by atoms with Crippen LogP contribution in [-0.4, -0.2) is 58.1 Å². The first kappa shape index (κ1) is 22.9. The van der Waals surface area contributed by atoms with Crippen LogP contribution in [0.3, 0.4) is 0 Å². The van der Waals surface area contributed by atoms with Crippen molar-refractivity contribution in [3.63, 3.8) is 0 Å². The fraction of sp³-hybridized carbons (Fsp3) is 0.632. The maximum Gasteiger partial charge on any atom is 0.243 e. The van der Waals surface area contributed by atoms with Gasteiger partial charge in [0.05, 0.1) is 22.4 Å². The van der Waals surface area contributed by atoms with Crippen LogP contribution in [0.1, 0.15) is 33.1 Å². The maximum atomic E-state index is 13.0. The smallest absolute Gasteiger partial charge is 0.243 e. The van der Waals surface area contributed by atoms with Gasteiger partial charge in [-0.05, 0) is 51.3 Å². The normalized spacial score (nSPS) is 18.0. The van der Waals surface area contributed by atoms with Gasteiger partial charge >= 0.3 is 0 Å². The Morgan fingerprint density at radius 2 is 2.11 bits per heavy atom. The molecule has 0 aromatic heterocycles. The Balaban J connectivity index is 2.00. The number of nitrogens with one attached hydrogen (secondary N) is 1. The molecule has 1 atom stereocenters. The zero-order chi connectivity index (χ0) is 20.6. The van der Waals surface area contributed by atoms with Crippen molar-refractivity contribution in [2.45, 2.75) is 38.0 Å². The van der Waals surface area contributed by atoms with Crippen LogP contribution in [0.25, 0.3) is 0 Å². The van der Waals surface area contributed by atoms with Crippen LogP contribution in [0.2, 0.25) is 5.02 Å². The molecule has 9 heteroatoms. The zero-order valence-electron chi connectivity index (χ0n) is 16.4. The molecule has 1 aromatic carbocycles. The molecule has 1 aromatic rings. The average molecular weight is 433 g/mol. The van der Waals surface area contributed by atoms with Gasteiger partial charge in [-0.1, -0.05) is 11.6 Å². The molecule has 1 heterocycles. The average Bonchev–Trinajstić information content (AvgIpc) is 2.69. The fourth-order valence-corrected chi connectivity index (χ4v) is 4.96. The van der Waals surface area contributed by atoms with Crippen molar-refractivity contribution in [2.24, 2.45) is 5.92 Å². The number of benzene rings is 1. The maximum absolute atomic E-state index is 13.0. The second kappa shape index (κ2) is 11.0. The third-order valence-electron chi connectivity index (χ3n) is 4.56. The predicted octanol–water partition coefficient (Wildman–Crippen LogP) is 2.68. The highest BCUT2D eigenvalue weighted by Gasteiger charge is 2.33. The summed E-state index contributed by atoms with van der Waals surface area (Å²) >= 11 is 6.14. The third kappa shape index (κ3) is 6.07. The van der Waals surface area contributed by atoms with E-state index in [0.29, 0.717) is 51.5 Å². The molecule has 1 N–H and O–H groups in total. The van der Waals surface area contributed by atoms with Crippen LogP contribution in [0.4, 0.5) is 0 Å². The molecule has 0 spiro atoms. The van der Waals surface area contributed by atoms with E-state index in [1.807, 2.05) is 13.8 Å². The van der Waals surface area contributed by atoms with E-state index in [0.717, 1.165) is 6.42 Å². The Kier molecular flexibility index (Phi) is 9.01. The molecule has 1 aliphatic rings. The van der Waals surface area contributed by atoms with Crippen molar-refractivity contribution >= 4 is 27.5 Å². The van der Waals surface area contributed by atoms with Gasteiger partial charge in [-0.15, -0.1) is 0 Å². The number of sulfonamides is 1. The molecular weight excluding hydrogens is 404 g/mol. The second-order valence-electron chi connectivity index (χ2n) is 6.57. The number of rotatable bonds is 10. The summed E-state index contributed by atoms with van der Waals surface area (Å²) in [7, 11) is -3.72. The highest BCUT2D eigenvalue weighted by Crippen LogP contribution is 2.30. The van der Waals surface area contributed by atoms with Gasteiger partial charge in [-0.3, -0.25) is 4.79 Å². The van der Waals surface area contributed by atoms with Gasteiger partial charge in [0.15, 0.2) is 0 Å². The number of ether oxygens (including phenoxy) is 2. The summed E-state index contributed by atoms with van der Waals surface area (Å²) in [5, 5.41) is 3.13. The summed E-state index contributed by atoms with van der Waals surface area (Å²) in [6, 6.07) is 4.45. The van der Waals surface area contributed by atoms with Crippen LogP contribution in [0.15, 0.2) is 23.1 Å². The summed E-state index contributed by atoms with van der Waals surface area (Å²) in [6.45, 7) is 6.53. The molecule has 1 amide bonds. The lowest BCUT2D eigenvalue weighted by atomic mass is 9.99. The molecule has 0 radical (unpaired) electrons. The van der Waals surface area contributed by atoms with Crippen molar-refractivity contribution in [3.05, 3.63) is 23.2 Å². The number of hydrogen-bond donors (Lipinski definition) is 1. The number of piperidine rings is 1. The molecule has 0 aliphatic carbocycles. The summed E-state index contributed by atoms with van der Waals surface area (Å²) in [5.74, 6) is -0.0130. The van der Waals surface area contributed by atoms with E-state index in [2.05, 4.69) is 5.32 Å². The first-order valence-corrected chi connectivity index (χ1v) is 11.5. The summed E-state index contributed by atoms with van der Waals surface area (Å²) in [5.41, 5.74) is 0. The highest BCUT2D eigenvalue weighted by atomic mass is 35.5. The fourth-order valence-electron chi connectivity index (χ4n) is 3.11. The second-order valence-corrected chi connectivity index (χ2v) is 8.91. The minimum absolute atomic E-state index is 0.110. The Bertz CT molecular complexity index is 757. The predicted molar refractivity (Wildman–Crippen MR) is 108 cm³/mol. The lowest BCUT2D eigenvalue weighted by Crippen LogP contribution is -2.45. The van der Waals surface area contributed by atoms with E-state index in [1.54, 1.807) is 6.07 Å². The van der Waals surface area contributed by atoms with E-state index in [1.165, 1.54) is 16.4 Å². The van der Waals surface area contributed by atoms with E-state index < -0.39 is 10.0 Å². The van der Waals surface area contributed by atoms with Gasteiger partial charge < -0.3 is 14.8 Å². The minimum Gasteiger partial charge on any atom is -0.492 e. The van der Waals surface area contributed by atoms with Gasteiger partial charge in [0.2, 0.25) is 15.9 Å². The lowest BCUT2D eigenvalue weighted by molar-refractivity contribution is -0.126. The number of nitrogens with zero attached hydrogens (tertiary/aromatic N) is 1. The monoisotopic (exact) mass is 432 g/mol. The van der Waals surface area contributed by atoms with Crippen molar-refractivity contribution in [1.82, 2.24) is 9.62 Å². The van der Waals surface area contributed by atoms with Crippen LogP contribution in [0, 0.1) is 5.92 Å². The highest BCUT2D eigenvalue weighted by molar-refractivity contribution is 7.89. The van der Waals surface area contributed by atoms with Crippen LogP contribution >= 0.6 is 11.6 Å². The summed E-state index contributed by atoms with van der Waals surface area (Å²) in [4.78, 5) is 12.5. The quantitative estimate of drug-likeness (QED) is 0.574. The summed E-state index contributed by atoms with van der Waals surface area (Å²) in [6.07, 6.45) is 2.05. The third-order valence-corrected chi connectivity index (χ3v) is 6.72. The first-order chi connectivity index (χ1) is 13.4. The number of carbonyl (C=O) groups is 1. The Hall–Kier alpha value is -1.35. The Morgan fingerprint density at radius 1 is 1.32 bits per heavy atom. The zero-order valence-corrected chi connectivity index (χ0v) is 18.0. The van der Waals surface area contributed by atoms with E-state index in [-0.39, 0.29) is 28.3 Å². The van der Waals surface area contributed by atoms with Gasteiger partial charge in [0.25, 0.3) is 0 Å². The molecule has 0 unspecified atom stereocenters. The molecule has 0 saturated carbocycles. The van der Waals surface area contributed by atoms with E-state index >= 15 is 0 Å². The van der Waals surface area contributed by atoms with Crippen molar-refractivity contribution < 1.29 is 22.7 Å². The van der Waals surface area contributed by atoms with Crippen LogP contribution < -0.4 is 10.1 Å². The topological polar surface area (TPSA) is 84.9 Å². The van der Waals surface area contributed by atoms with E-state index in [9.17, 15) is 13.2 Å². The molecule has 1 aliphatic heterocycles. The molecule has 2 rings (SSSR count). The van der Waals surface area contributed by atoms with E-state index in [4.69, 9.17) is 21.1 Å². The Morgan fingerprint density at radius 3 is 2.79 bits per heavy atom. The SMILES string of the molecule is CCOCCCNC(=O)[C@H]1CCCN(S(=O)(=O)c2ccc(OCC)c(Cl)c2)C1. The van der Waals surface area contributed by atoms with Crippen molar-refractivity contribution in [2.75, 3.05) is 39.5 Å². The van der Waals surface area contributed by atoms with Crippen LogP contribution in [-0.2, 0) is 19.6 Å².